The van der Waals surface area contributed by atoms with E-state index in [9.17, 15) is 0 Å². The van der Waals surface area contributed by atoms with Gasteiger partial charge in [0.2, 0.25) is 0 Å². The lowest BCUT2D eigenvalue weighted by molar-refractivity contribution is 0.107. The van der Waals surface area contributed by atoms with Crippen molar-refractivity contribution in [1.29, 1.82) is 0 Å². The predicted molar refractivity (Wildman–Crippen MR) is 88.2 cm³/mol. The minimum atomic E-state index is 0.566. The maximum Gasteiger partial charge on any atom is 0.0462 e. The van der Waals surface area contributed by atoms with Gasteiger partial charge in [-0.3, -0.25) is 0 Å². The molecule has 0 spiro atoms. The van der Waals surface area contributed by atoms with E-state index in [0.717, 1.165) is 12.5 Å². The minimum Gasteiger partial charge on any atom is -0.385 e. The molecule has 1 aliphatic carbocycles. The number of nitrogens with one attached hydrogen (secondary N) is 1. The van der Waals surface area contributed by atoms with Gasteiger partial charge in [0.15, 0.2) is 0 Å². The van der Waals surface area contributed by atoms with E-state index in [-0.39, 0.29) is 0 Å². The highest BCUT2D eigenvalue weighted by atomic mass is 16.5. The van der Waals surface area contributed by atoms with Crippen LogP contribution in [0.25, 0.3) is 0 Å². The third kappa shape index (κ3) is 6.58. The Hall–Kier alpha value is -0.0800. The van der Waals surface area contributed by atoms with Crippen LogP contribution < -0.4 is 5.32 Å². The van der Waals surface area contributed by atoms with E-state index in [1.165, 1.54) is 77.3 Å². The van der Waals surface area contributed by atoms with Crippen LogP contribution in [-0.4, -0.2) is 26.8 Å². The van der Waals surface area contributed by atoms with Gasteiger partial charge in [0.25, 0.3) is 0 Å². The Labute approximate surface area is 127 Å². The highest BCUT2D eigenvalue weighted by molar-refractivity contribution is 4.87. The average Bonchev–Trinajstić information content (AvgIpc) is 2.47. The second-order valence-electron chi connectivity index (χ2n) is 6.86. The third-order valence-electron chi connectivity index (χ3n) is 5.11. The lowest BCUT2D eigenvalue weighted by Gasteiger charge is -2.41. The van der Waals surface area contributed by atoms with Gasteiger partial charge in [0.1, 0.15) is 0 Å². The van der Waals surface area contributed by atoms with Crippen LogP contribution in [0.2, 0.25) is 0 Å². The van der Waals surface area contributed by atoms with Crippen molar-refractivity contribution in [3.05, 3.63) is 0 Å². The Morgan fingerprint density at radius 2 is 1.85 bits per heavy atom. The van der Waals surface area contributed by atoms with Gasteiger partial charge in [-0.2, -0.15) is 0 Å². The number of ether oxygens (including phenoxy) is 1. The zero-order valence-corrected chi connectivity index (χ0v) is 14.2. The van der Waals surface area contributed by atoms with Gasteiger partial charge in [-0.1, -0.05) is 33.1 Å². The second-order valence-corrected chi connectivity index (χ2v) is 6.86. The number of unbranched alkanes of at least 4 members (excludes halogenated alkanes) is 1. The van der Waals surface area contributed by atoms with Crippen molar-refractivity contribution in [2.24, 2.45) is 11.3 Å². The highest BCUT2D eigenvalue weighted by Gasteiger charge is 2.34. The summed E-state index contributed by atoms with van der Waals surface area (Å²) in [6.07, 6.45) is 13.8. The zero-order valence-electron chi connectivity index (χ0n) is 14.2. The molecule has 0 bridgehead atoms. The van der Waals surface area contributed by atoms with Crippen LogP contribution in [0.4, 0.5) is 0 Å². The molecule has 1 fully saturated rings. The van der Waals surface area contributed by atoms with Crippen molar-refractivity contribution in [2.45, 2.75) is 78.1 Å². The van der Waals surface area contributed by atoms with Crippen molar-refractivity contribution in [3.63, 3.8) is 0 Å². The summed E-state index contributed by atoms with van der Waals surface area (Å²) in [5.41, 5.74) is 0.566. The van der Waals surface area contributed by atoms with Crippen LogP contribution in [0, 0.1) is 11.3 Å². The molecule has 1 saturated carbocycles. The Kier molecular flexibility index (Phi) is 9.54. The molecular weight excluding hydrogens is 246 g/mol. The molecule has 2 heteroatoms. The van der Waals surface area contributed by atoms with E-state index in [1.54, 1.807) is 0 Å². The summed E-state index contributed by atoms with van der Waals surface area (Å²) in [6, 6.07) is 0. The number of rotatable bonds is 11. The van der Waals surface area contributed by atoms with Gasteiger partial charge in [-0.25, -0.2) is 0 Å². The van der Waals surface area contributed by atoms with E-state index >= 15 is 0 Å². The van der Waals surface area contributed by atoms with E-state index in [0.29, 0.717) is 5.41 Å². The second kappa shape index (κ2) is 10.6. The van der Waals surface area contributed by atoms with Gasteiger partial charge >= 0.3 is 0 Å². The van der Waals surface area contributed by atoms with Gasteiger partial charge in [-0.15, -0.1) is 0 Å². The summed E-state index contributed by atoms with van der Waals surface area (Å²) in [5.74, 6) is 1.01. The van der Waals surface area contributed by atoms with Crippen LogP contribution >= 0.6 is 0 Å². The summed E-state index contributed by atoms with van der Waals surface area (Å²) in [4.78, 5) is 0. The maximum atomic E-state index is 5.26. The Morgan fingerprint density at radius 1 is 1.10 bits per heavy atom. The standard InChI is InChI=1S/C18H37NO/c1-4-6-8-17-9-12-18(13-10-17,11-7-15-20-3)16-19-14-5-2/h17,19H,4-16H2,1-3H3. The summed E-state index contributed by atoms with van der Waals surface area (Å²) in [6.45, 7) is 7.89. The smallest absolute Gasteiger partial charge is 0.0462 e. The zero-order chi connectivity index (χ0) is 14.7. The van der Waals surface area contributed by atoms with E-state index in [1.807, 2.05) is 7.11 Å². The Balaban J connectivity index is 2.39. The van der Waals surface area contributed by atoms with Crippen molar-refractivity contribution in [3.8, 4) is 0 Å². The van der Waals surface area contributed by atoms with E-state index in [2.05, 4.69) is 19.2 Å². The summed E-state index contributed by atoms with van der Waals surface area (Å²) in [7, 11) is 1.82. The fraction of sp³-hybridized carbons (Fsp3) is 1.00. The lowest BCUT2D eigenvalue weighted by Crippen LogP contribution is -2.38. The first-order valence-electron chi connectivity index (χ1n) is 8.96. The molecule has 0 radical (unpaired) electrons. The Morgan fingerprint density at radius 3 is 2.45 bits per heavy atom. The molecule has 0 heterocycles. The molecule has 1 aliphatic rings. The predicted octanol–water partition coefficient (Wildman–Crippen LogP) is 4.78. The number of hydrogen-bond donors (Lipinski definition) is 1. The highest BCUT2D eigenvalue weighted by Crippen LogP contribution is 2.43. The molecule has 0 amide bonds. The molecule has 0 saturated heterocycles. The monoisotopic (exact) mass is 283 g/mol. The number of methoxy groups -OCH3 is 1. The Bertz CT molecular complexity index is 209. The molecule has 20 heavy (non-hydrogen) atoms. The van der Waals surface area contributed by atoms with Crippen molar-refractivity contribution in [1.82, 2.24) is 5.32 Å². The molecular formula is C18H37NO. The summed E-state index contributed by atoms with van der Waals surface area (Å²) >= 11 is 0. The number of hydrogen-bond acceptors (Lipinski definition) is 2. The molecule has 0 unspecified atom stereocenters. The molecule has 1 N–H and O–H groups in total. The SMILES string of the molecule is CCCCC1CCC(CCCOC)(CNCCC)CC1. The molecule has 0 aliphatic heterocycles. The van der Waals surface area contributed by atoms with Crippen molar-refractivity contribution < 1.29 is 4.74 Å². The van der Waals surface area contributed by atoms with Crippen LogP contribution in [0.5, 0.6) is 0 Å². The van der Waals surface area contributed by atoms with Crippen LogP contribution in [0.15, 0.2) is 0 Å². The average molecular weight is 284 g/mol. The molecule has 0 atom stereocenters. The maximum absolute atomic E-state index is 5.26. The topological polar surface area (TPSA) is 21.3 Å². The van der Waals surface area contributed by atoms with Gasteiger partial charge < -0.3 is 10.1 Å². The minimum absolute atomic E-state index is 0.566. The van der Waals surface area contributed by atoms with Crippen LogP contribution in [0.3, 0.4) is 0 Å². The van der Waals surface area contributed by atoms with Gasteiger partial charge in [0.05, 0.1) is 0 Å². The quantitative estimate of drug-likeness (QED) is 0.551. The van der Waals surface area contributed by atoms with Gasteiger partial charge in [-0.05, 0) is 62.8 Å². The summed E-state index contributed by atoms with van der Waals surface area (Å²) < 4.78 is 5.26. The molecule has 1 rings (SSSR count). The molecule has 120 valence electrons. The molecule has 0 aromatic rings. The van der Waals surface area contributed by atoms with Crippen molar-refractivity contribution in [2.75, 3.05) is 26.8 Å². The normalized spacial score (nSPS) is 26.9. The van der Waals surface area contributed by atoms with E-state index in [4.69, 9.17) is 4.74 Å². The van der Waals surface area contributed by atoms with Crippen LogP contribution in [0.1, 0.15) is 78.1 Å². The summed E-state index contributed by atoms with van der Waals surface area (Å²) in [5, 5.41) is 3.69. The largest absolute Gasteiger partial charge is 0.385 e. The first-order valence-corrected chi connectivity index (χ1v) is 8.96. The third-order valence-corrected chi connectivity index (χ3v) is 5.11. The van der Waals surface area contributed by atoms with Gasteiger partial charge in [0, 0.05) is 20.3 Å². The fourth-order valence-electron chi connectivity index (χ4n) is 3.71. The first kappa shape index (κ1) is 18.0. The first-order chi connectivity index (χ1) is 9.76. The van der Waals surface area contributed by atoms with E-state index < -0.39 is 0 Å². The van der Waals surface area contributed by atoms with Crippen LogP contribution in [-0.2, 0) is 4.74 Å². The lowest BCUT2D eigenvalue weighted by atomic mass is 9.67. The molecule has 2 nitrogen and oxygen atoms in total. The van der Waals surface area contributed by atoms with Crippen molar-refractivity contribution >= 4 is 0 Å². The molecule has 0 aromatic carbocycles. The fourth-order valence-corrected chi connectivity index (χ4v) is 3.71. The molecule has 0 aromatic heterocycles.